The molecule has 6 nitrogen and oxygen atoms in total. The lowest BCUT2D eigenvalue weighted by Crippen LogP contribution is -2.54. The van der Waals surface area contributed by atoms with Crippen LogP contribution in [0.4, 0.5) is 4.79 Å². The molecule has 1 aliphatic heterocycles. The van der Waals surface area contributed by atoms with Crippen LogP contribution < -0.4 is 10.7 Å². The van der Waals surface area contributed by atoms with Gasteiger partial charge in [-0.2, -0.15) is 5.01 Å². The summed E-state index contributed by atoms with van der Waals surface area (Å²) in [5, 5.41) is 3.97. The number of amides is 4. The lowest BCUT2D eigenvalue weighted by atomic mass is 9.59. The number of fused-ring (bicyclic) bond motifs is 5. The van der Waals surface area contributed by atoms with Crippen molar-refractivity contribution in [3.8, 4) is 0 Å². The van der Waals surface area contributed by atoms with Gasteiger partial charge in [0, 0.05) is 6.04 Å². The van der Waals surface area contributed by atoms with Gasteiger partial charge in [-0.25, -0.2) is 10.2 Å². The molecule has 4 fully saturated rings. The molecule has 0 radical (unpaired) electrons. The standard InChI is InChI=1S/C21H33N3O3/c1-11-12(2)21(5)13(3)20(11,4)15-16(21)18(26)24(17(15)25)23-19(27)22-14-9-7-6-8-10-14/h11-16H,6-10H2,1-5H3,(H2,22,23,27)/t11?,12?,13?,15-,16+,20-,21+. The zero-order valence-corrected chi connectivity index (χ0v) is 17.2. The lowest BCUT2D eigenvalue weighted by molar-refractivity contribution is -0.145. The predicted octanol–water partition coefficient (Wildman–Crippen LogP) is 3.08. The van der Waals surface area contributed by atoms with Gasteiger partial charge in [0.25, 0.3) is 11.8 Å². The van der Waals surface area contributed by atoms with E-state index in [-0.39, 0.29) is 40.5 Å². The lowest BCUT2D eigenvalue weighted by Gasteiger charge is -2.42. The quantitative estimate of drug-likeness (QED) is 0.728. The number of nitrogens with one attached hydrogen (secondary N) is 2. The van der Waals surface area contributed by atoms with Crippen LogP contribution in [0.2, 0.25) is 0 Å². The van der Waals surface area contributed by atoms with E-state index >= 15 is 0 Å². The second kappa shape index (κ2) is 5.95. The maximum Gasteiger partial charge on any atom is 0.334 e. The zero-order chi connectivity index (χ0) is 19.7. The number of nitrogens with zero attached hydrogens (tertiary/aromatic N) is 1. The molecule has 1 saturated heterocycles. The van der Waals surface area contributed by atoms with Crippen LogP contribution in [-0.2, 0) is 9.59 Å². The van der Waals surface area contributed by atoms with Crippen LogP contribution in [0.3, 0.4) is 0 Å². The van der Waals surface area contributed by atoms with Crippen molar-refractivity contribution in [3.05, 3.63) is 0 Å². The Hall–Kier alpha value is -1.59. The van der Waals surface area contributed by atoms with E-state index in [9.17, 15) is 14.4 Å². The molecule has 2 bridgehead atoms. The smallest absolute Gasteiger partial charge is 0.334 e. The predicted molar refractivity (Wildman–Crippen MR) is 101 cm³/mol. The highest BCUT2D eigenvalue weighted by atomic mass is 16.2. The fraction of sp³-hybridized carbons (Fsp3) is 0.857. The highest BCUT2D eigenvalue weighted by Gasteiger charge is 2.78. The van der Waals surface area contributed by atoms with Crippen molar-refractivity contribution in [3.63, 3.8) is 0 Å². The molecule has 0 aromatic rings. The van der Waals surface area contributed by atoms with Gasteiger partial charge < -0.3 is 5.32 Å². The Morgan fingerprint density at radius 2 is 1.41 bits per heavy atom. The normalized spacial score (nSPS) is 46.7. The van der Waals surface area contributed by atoms with Crippen molar-refractivity contribution in [2.24, 2.45) is 40.4 Å². The molecular weight excluding hydrogens is 342 g/mol. The molecule has 3 saturated carbocycles. The Morgan fingerprint density at radius 3 is 1.89 bits per heavy atom. The van der Waals surface area contributed by atoms with Crippen molar-refractivity contribution in [1.82, 2.24) is 15.8 Å². The van der Waals surface area contributed by atoms with Gasteiger partial charge in [-0.3, -0.25) is 9.59 Å². The molecule has 2 N–H and O–H groups in total. The summed E-state index contributed by atoms with van der Waals surface area (Å²) in [5.41, 5.74) is 2.17. The molecule has 7 atom stereocenters. The van der Waals surface area contributed by atoms with Crippen LogP contribution >= 0.6 is 0 Å². The van der Waals surface area contributed by atoms with E-state index in [1.54, 1.807) is 0 Å². The van der Waals surface area contributed by atoms with Crippen LogP contribution in [0.25, 0.3) is 0 Å². The van der Waals surface area contributed by atoms with Crippen LogP contribution in [-0.4, -0.2) is 28.9 Å². The van der Waals surface area contributed by atoms with Crippen molar-refractivity contribution in [2.75, 3.05) is 0 Å². The van der Waals surface area contributed by atoms with E-state index in [0.717, 1.165) is 30.7 Å². The molecule has 4 amide bonds. The van der Waals surface area contributed by atoms with Crippen molar-refractivity contribution < 1.29 is 14.4 Å². The highest BCUT2D eigenvalue weighted by Crippen LogP contribution is 2.76. The third-order valence-corrected chi connectivity index (χ3v) is 9.38. The minimum Gasteiger partial charge on any atom is -0.334 e. The number of rotatable bonds is 2. The first-order valence-electron chi connectivity index (χ1n) is 10.6. The number of hydrogen-bond acceptors (Lipinski definition) is 3. The number of hydrazine groups is 1. The van der Waals surface area contributed by atoms with Gasteiger partial charge in [-0.1, -0.05) is 53.9 Å². The van der Waals surface area contributed by atoms with Crippen molar-refractivity contribution >= 4 is 17.8 Å². The monoisotopic (exact) mass is 375 g/mol. The third-order valence-electron chi connectivity index (χ3n) is 9.38. The summed E-state index contributed by atoms with van der Waals surface area (Å²) in [7, 11) is 0. The molecule has 6 heteroatoms. The molecule has 0 aromatic carbocycles. The van der Waals surface area contributed by atoms with Gasteiger partial charge in [-0.05, 0) is 41.4 Å². The molecule has 3 unspecified atom stereocenters. The molecule has 0 spiro atoms. The molecule has 150 valence electrons. The third kappa shape index (κ3) is 2.21. The average molecular weight is 376 g/mol. The largest absolute Gasteiger partial charge is 0.334 e. The maximum atomic E-state index is 13.2. The first-order chi connectivity index (χ1) is 12.6. The van der Waals surface area contributed by atoms with Gasteiger partial charge in [-0.15, -0.1) is 0 Å². The van der Waals surface area contributed by atoms with Gasteiger partial charge in [0.1, 0.15) is 0 Å². The molecule has 1 heterocycles. The molecule has 4 aliphatic rings. The molecule has 27 heavy (non-hydrogen) atoms. The fourth-order valence-corrected chi connectivity index (χ4v) is 7.24. The van der Waals surface area contributed by atoms with Gasteiger partial charge >= 0.3 is 6.03 Å². The van der Waals surface area contributed by atoms with E-state index in [0.29, 0.717) is 17.8 Å². The summed E-state index contributed by atoms with van der Waals surface area (Å²) >= 11 is 0. The van der Waals surface area contributed by atoms with E-state index in [2.05, 4.69) is 45.4 Å². The topological polar surface area (TPSA) is 78.5 Å². The summed E-state index contributed by atoms with van der Waals surface area (Å²) < 4.78 is 0. The van der Waals surface area contributed by atoms with E-state index in [1.807, 2.05) is 0 Å². The first kappa shape index (κ1) is 18.8. The SMILES string of the molecule is CC1C(C)[C@]2(C)C(C)[C@@]1(C)[C@@H]1C(=O)N(NC(=O)NC3CCCCC3)C(=O)[C@@H]12. The Labute approximate surface area is 161 Å². The minimum atomic E-state index is -0.430. The molecule has 0 aromatic heterocycles. The Bertz CT molecular complexity index is 648. The summed E-state index contributed by atoms with van der Waals surface area (Å²) in [6.07, 6.45) is 5.35. The number of carbonyl (C=O) groups is 3. The number of carbonyl (C=O) groups excluding carboxylic acids is 3. The van der Waals surface area contributed by atoms with Crippen LogP contribution in [0.5, 0.6) is 0 Å². The van der Waals surface area contributed by atoms with Crippen LogP contribution in [0.1, 0.15) is 66.7 Å². The van der Waals surface area contributed by atoms with Gasteiger partial charge in [0.05, 0.1) is 11.8 Å². The summed E-state index contributed by atoms with van der Waals surface area (Å²) in [6.45, 7) is 11.0. The van der Waals surface area contributed by atoms with Gasteiger partial charge in [0.15, 0.2) is 0 Å². The summed E-state index contributed by atoms with van der Waals surface area (Å²) in [5.74, 6) is -0.0623. The number of urea groups is 1. The Balaban J connectivity index is 1.54. The number of hydrogen-bond donors (Lipinski definition) is 2. The van der Waals surface area contributed by atoms with Crippen LogP contribution in [0.15, 0.2) is 0 Å². The molecule has 4 rings (SSSR count). The highest BCUT2D eigenvalue weighted by molar-refractivity contribution is 6.07. The van der Waals surface area contributed by atoms with Crippen molar-refractivity contribution in [2.45, 2.75) is 72.8 Å². The van der Waals surface area contributed by atoms with E-state index < -0.39 is 6.03 Å². The van der Waals surface area contributed by atoms with E-state index in [4.69, 9.17) is 0 Å². The van der Waals surface area contributed by atoms with E-state index in [1.165, 1.54) is 6.42 Å². The molecule has 3 aliphatic carbocycles. The number of imide groups is 1. The summed E-state index contributed by atoms with van der Waals surface area (Å²) in [4.78, 5) is 38.9. The average Bonchev–Trinajstić information content (AvgIpc) is 3.05. The fourth-order valence-electron chi connectivity index (χ4n) is 7.24. The maximum absolute atomic E-state index is 13.2. The van der Waals surface area contributed by atoms with Gasteiger partial charge in [0.2, 0.25) is 0 Å². The van der Waals surface area contributed by atoms with Crippen LogP contribution in [0, 0.1) is 40.4 Å². The summed E-state index contributed by atoms with van der Waals surface area (Å²) in [6, 6.07) is -0.294. The zero-order valence-electron chi connectivity index (χ0n) is 17.2. The minimum absolute atomic E-state index is 0.136. The van der Waals surface area contributed by atoms with Crippen molar-refractivity contribution in [1.29, 1.82) is 0 Å². The Morgan fingerprint density at radius 1 is 0.926 bits per heavy atom. The Kier molecular flexibility index (Phi) is 4.13. The molecular formula is C21H33N3O3. The second-order valence-electron chi connectivity index (χ2n) is 9.92. The second-order valence-corrected chi connectivity index (χ2v) is 9.92. The first-order valence-corrected chi connectivity index (χ1v) is 10.6.